The predicted octanol–water partition coefficient (Wildman–Crippen LogP) is 4.48. The molecule has 0 spiro atoms. The smallest absolute Gasteiger partial charge is 0.228 e. The first kappa shape index (κ1) is 22.0. The number of aryl methyl sites for hydroxylation is 2. The normalized spacial score (nSPS) is 20.5. The quantitative estimate of drug-likeness (QED) is 0.429. The van der Waals surface area contributed by atoms with Crippen LogP contribution in [-0.2, 0) is 4.74 Å². The van der Waals surface area contributed by atoms with Gasteiger partial charge in [0.1, 0.15) is 28.9 Å². The van der Waals surface area contributed by atoms with Crippen LogP contribution in [-0.4, -0.2) is 48.9 Å². The molecule has 8 nitrogen and oxygen atoms in total. The summed E-state index contributed by atoms with van der Waals surface area (Å²) in [4.78, 5) is 20.7. The molecule has 2 atom stereocenters. The van der Waals surface area contributed by atoms with Crippen molar-refractivity contribution in [2.75, 3.05) is 18.0 Å². The summed E-state index contributed by atoms with van der Waals surface area (Å²) in [5, 5.41) is 4.73. The predicted molar refractivity (Wildman–Crippen MR) is 126 cm³/mol. The summed E-state index contributed by atoms with van der Waals surface area (Å²) < 4.78 is 36.7. The Bertz CT molecular complexity index is 1440. The fourth-order valence-corrected chi connectivity index (χ4v) is 4.46. The molecule has 3 aromatic heterocycles. The molecule has 2 fully saturated rings. The van der Waals surface area contributed by atoms with Crippen molar-refractivity contribution in [1.29, 1.82) is 0 Å². The van der Waals surface area contributed by atoms with Crippen LogP contribution in [0, 0.1) is 25.5 Å². The van der Waals surface area contributed by atoms with Crippen molar-refractivity contribution in [2.24, 2.45) is 0 Å². The number of aromatic nitrogens is 6. The molecule has 0 radical (unpaired) electrons. The summed E-state index contributed by atoms with van der Waals surface area (Å²) in [6, 6.07) is 5.92. The summed E-state index contributed by atoms with van der Waals surface area (Å²) in [6.07, 6.45) is 3.96. The summed E-state index contributed by atoms with van der Waals surface area (Å²) in [6.45, 7) is 6.71. The van der Waals surface area contributed by atoms with Crippen LogP contribution in [0.1, 0.15) is 49.0 Å². The molecule has 1 saturated heterocycles. The maximum Gasteiger partial charge on any atom is 0.228 e. The molecular weight excluding hydrogens is 452 g/mol. The lowest BCUT2D eigenvalue weighted by atomic mass is 10.1. The Morgan fingerprint density at radius 3 is 2.54 bits per heavy atom. The maximum absolute atomic E-state index is 14.8. The monoisotopic (exact) mass is 477 g/mol. The van der Waals surface area contributed by atoms with Crippen molar-refractivity contribution in [2.45, 2.75) is 51.9 Å². The van der Waals surface area contributed by atoms with E-state index in [2.05, 4.69) is 9.97 Å². The highest BCUT2D eigenvalue weighted by Crippen LogP contribution is 2.36. The summed E-state index contributed by atoms with van der Waals surface area (Å²) in [5.41, 5.74) is 3.47. The Kier molecular flexibility index (Phi) is 5.21. The van der Waals surface area contributed by atoms with E-state index in [1.807, 2.05) is 42.6 Å². The molecule has 1 saturated carbocycles. The fourth-order valence-electron chi connectivity index (χ4n) is 4.46. The average Bonchev–Trinajstić information content (AvgIpc) is 3.55. The molecule has 6 rings (SSSR count). The first-order valence-electron chi connectivity index (χ1n) is 11.8. The van der Waals surface area contributed by atoms with Gasteiger partial charge in [-0.25, -0.2) is 23.7 Å². The van der Waals surface area contributed by atoms with Gasteiger partial charge in [0, 0.05) is 24.4 Å². The minimum atomic E-state index is -0.713. The SMILES string of the molecule is Cc1nc2nc(N3C[C@@H](c4ccn(C5CC5)n4)O[C@@H](C)C3)nc(-c3ccc(F)cc3F)c2nc1C. The van der Waals surface area contributed by atoms with E-state index < -0.39 is 11.6 Å². The van der Waals surface area contributed by atoms with E-state index in [0.29, 0.717) is 41.9 Å². The van der Waals surface area contributed by atoms with Crippen LogP contribution in [0.4, 0.5) is 14.7 Å². The minimum absolute atomic E-state index is 0.101. The third kappa shape index (κ3) is 4.12. The van der Waals surface area contributed by atoms with E-state index in [-0.39, 0.29) is 23.5 Å². The van der Waals surface area contributed by atoms with Gasteiger partial charge < -0.3 is 9.64 Å². The number of anilines is 1. The lowest BCUT2D eigenvalue weighted by Gasteiger charge is -2.36. The average molecular weight is 478 g/mol. The molecule has 10 heteroatoms. The molecule has 1 aliphatic carbocycles. The molecule has 180 valence electrons. The highest BCUT2D eigenvalue weighted by Gasteiger charge is 2.32. The van der Waals surface area contributed by atoms with Crippen LogP contribution < -0.4 is 4.90 Å². The summed E-state index contributed by atoms with van der Waals surface area (Å²) >= 11 is 0. The van der Waals surface area contributed by atoms with E-state index >= 15 is 0 Å². The van der Waals surface area contributed by atoms with E-state index in [1.165, 1.54) is 12.1 Å². The number of ether oxygens (including phenoxy) is 1. The molecule has 1 aliphatic heterocycles. The molecule has 2 aliphatic rings. The number of fused-ring (bicyclic) bond motifs is 1. The molecule has 0 bridgehead atoms. The Labute approximate surface area is 201 Å². The van der Waals surface area contributed by atoms with Gasteiger partial charge >= 0.3 is 0 Å². The van der Waals surface area contributed by atoms with Gasteiger partial charge in [-0.05, 0) is 51.8 Å². The van der Waals surface area contributed by atoms with Crippen molar-refractivity contribution < 1.29 is 13.5 Å². The standard InChI is InChI=1S/C25H25F2N7O/c1-13-11-33(12-21(35-13)20-8-9-34(32-20)17-5-6-17)25-30-22(18-7-4-16(26)10-19(18)27)23-24(31-25)29-15(3)14(2)28-23/h4,7-10,13,17,21H,5-6,11-12H2,1-3H3/t13-,21-/m0/s1. The third-order valence-electron chi connectivity index (χ3n) is 6.54. The lowest BCUT2D eigenvalue weighted by molar-refractivity contribution is -0.0203. The first-order chi connectivity index (χ1) is 16.9. The second-order valence-electron chi connectivity index (χ2n) is 9.36. The summed E-state index contributed by atoms with van der Waals surface area (Å²) in [5.74, 6) is -0.969. The molecule has 1 aromatic carbocycles. The van der Waals surface area contributed by atoms with Crippen LogP contribution in [0.2, 0.25) is 0 Å². The number of nitrogens with zero attached hydrogens (tertiary/aromatic N) is 7. The van der Waals surface area contributed by atoms with Crippen LogP contribution in [0.15, 0.2) is 30.5 Å². The van der Waals surface area contributed by atoms with Gasteiger partial charge in [0.2, 0.25) is 5.95 Å². The van der Waals surface area contributed by atoms with E-state index in [0.717, 1.165) is 30.3 Å². The lowest BCUT2D eigenvalue weighted by Crippen LogP contribution is -2.44. The van der Waals surface area contributed by atoms with Crippen molar-refractivity contribution in [3.63, 3.8) is 0 Å². The van der Waals surface area contributed by atoms with Gasteiger partial charge in [-0.1, -0.05) is 0 Å². The van der Waals surface area contributed by atoms with Gasteiger partial charge in [-0.2, -0.15) is 10.1 Å². The van der Waals surface area contributed by atoms with Crippen LogP contribution in [0.3, 0.4) is 0 Å². The van der Waals surface area contributed by atoms with Crippen molar-refractivity contribution in [3.8, 4) is 11.3 Å². The van der Waals surface area contributed by atoms with Crippen LogP contribution in [0.25, 0.3) is 22.4 Å². The molecular formula is C25H25F2N7O. The first-order valence-corrected chi connectivity index (χ1v) is 11.8. The molecule has 0 amide bonds. The molecule has 4 heterocycles. The molecule has 0 unspecified atom stereocenters. The maximum atomic E-state index is 14.8. The highest BCUT2D eigenvalue weighted by atomic mass is 19.1. The van der Waals surface area contributed by atoms with Crippen LogP contribution >= 0.6 is 0 Å². The Morgan fingerprint density at radius 1 is 0.971 bits per heavy atom. The summed E-state index contributed by atoms with van der Waals surface area (Å²) in [7, 11) is 0. The van der Waals surface area contributed by atoms with Crippen molar-refractivity contribution >= 4 is 17.1 Å². The zero-order chi connectivity index (χ0) is 24.3. The van der Waals surface area contributed by atoms with E-state index in [4.69, 9.17) is 19.8 Å². The topological polar surface area (TPSA) is 81.9 Å². The molecule has 0 N–H and O–H groups in total. The van der Waals surface area contributed by atoms with Gasteiger partial charge in [0.15, 0.2) is 5.65 Å². The fraction of sp³-hybridized carbons (Fsp3) is 0.400. The largest absolute Gasteiger partial charge is 0.365 e. The Balaban J connectivity index is 1.43. The van der Waals surface area contributed by atoms with Gasteiger partial charge in [-0.15, -0.1) is 0 Å². The Morgan fingerprint density at radius 2 is 1.77 bits per heavy atom. The van der Waals surface area contributed by atoms with Gasteiger partial charge in [0.05, 0.1) is 35.8 Å². The second kappa shape index (κ2) is 8.30. The number of rotatable bonds is 4. The number of morpholine rings is 1. The van der Waals surface area contributed by atoms with E-state index in [1.54, 1.807) is 0 Å². The number of hydrogen-bond donors (Lipinski definition) is 0. The second-order valence-corrected chi connectivity index (χ2v) is 9.36. The van der Waals surface area contributed by atoms with Crippen molar-refractivity contribution in [3.05, 3.63) is 59.2 Å². The van der Waals surface area contributed by atoms with Gasteiger partial charge in [-0.3, -0.25) is 4.68 Å². The highest BCUT2D eigenvalue weighted by molar-refractivity contribution is 5.88. The number of benzene rings is 1. The molecule has 35 heavy (non-hydrogen) atoms. The minimum Gasteiger partial charge on any atom is -0.365 e. The number of hydrogen-bond acceptors (Lipinski definition) is 7. The zero-order valence-electron chi connectivity index (χ0n) is 19.7. The Hall–Kier alpha value is -3.53. The number of halogens is 2. The van der Waals surface area contributed by atoms with Crippen LogP contribution in [0.5, 0.6) is 0 Å². The molecule has 4 aromatic rings. The third-order valence-corrected chi connectivity index (χ3v) is 6.54. The van der Waals surface area contributed by atoms with Crippen molar-refractivity contribution in [1.82, 2.24) is 29.7 Å². The van der Waals surface area contributed by atoms with Gasteiger partial charge in [0.25, 0.3) is 0 Å². The zero-order valence-corrected chi connectivity index (χ0v) is 19.7. The van der Waals surface area contributed by atoms with E-state index in [9.17, 15) is 8.78 Å².